The van der Waals surface area contributed by atoms with E-state index in [1.54, 1.807) is 12.1 Å². The van der Waals surface area contributed by atoms with Crippen molar-refractivity contribution in [2.24, 2.45) is 11.8 Å². The Morgan fingerprint density at radius 2 is 1.69 bits per heavy atom. The van der Waals surface area contributed by atoms with E-state index in [1.165, 1.54) is 6.07 Å². The maximum atomic E-state index is 13.6. The molecule has 2 atom stereocenters. The first-order valence-corrected chi connectivity index (χ1v) is 9.61. The number of amides is 2. The average molecular weight is 362 g/mol. The second kappa shape index (κ2) is 9.15. The highest BCUT2D eigenvalue weighted by Crippen LogP contribution is 2.31. The molecule has 0 heterocycles. The van der Waals surface area contributed by atoms with Crippen molar-refractivity contribution < 1.29 is 14.0 Å². The third-order valence-electron chi connectivity index (χ3n) is 4.82. The van der Waals surface area contributed by atoms with Crippen LogP contribution in [-0.4, -0.2) is 23.9 Å². The average Bonchev–Trinajstić information content (AvgIpc) is 2.58. The van der Waals surface area contributed by atoms with Gasteiger partial charge in [-0.05, 0) is 58.1 Å². The van der Waals surface area contributed by atoms with Gasteiger partial charge in [0.2, 0.25) is 11.8 Å². The fourth-order valence-electron chi connectivity index (χ4n) is 3.54. The minimum Gasteiger partial charge on any atom is -0.356 e. The number of rotatable bonds is 6. The third kappa shape index (κ3) is 6.11. The molecule has 26 heavy (non-hydrogen) atoms. The van der Waals surface area contributed by atoms with Crippen LogP contribution in [0, 0.1) is 17.7 Å². The molecule has 2 N–H and O–H groups in total. The Kier molecular flexibility index (Phi) is 7.18. The summed E-state index contributed by atoms with van der Waals surface area (Å²) in [5.41, 5.74) is 0.372. The van der Waals surface area contributed by atoms with Crippen LogP contribution in [0.3, 0.4) is 0 Å². The fraction of sp³-hybridized carbons (Fsp3) is 0.619. The van der Waals surface area contributed by atoms with Crippen LogP contribution < -0.4 is 10.6 Å². The number of aryl methyl sites for hydroxylation is 1. The molecule has 0 aliphatic heterocycles. The number of hydrogen-bond donors (Lipinski definition) is 2. The minimum absolute atomic E-state index is 0.0243. The quantitative estimate of drug-likeness (QED) is 0.760. The van der Waals surface area contributed by atoms with E-state index in [1.807, 2.05) is 26.8 Å². The van der Waals surface area contributed by atoms with Crippen molar-refractivity contribution in [2.45, 2.75) is 64.8 Å². The van der Waals surface area contributed by atoms with Gasteiger partial charge in [0.1, 0.15) is 5.82 Å². The van der Waals surface area contributed by atoms with Gasteiger partial charge in [-0.3, -0.25) is 9.59 Å². The molecule has 1 saturated carbocycles. The number of carbonyl (C=O) groups excluding carboxylic acids is 2. The second-order valence-corrected chi connectivity index (χ2v) is 8.22. The van der Waals surface area contributed by atoms with Crippen molar-refractivity contribution >= 4 is 11.8 Å². The first-order valence-electron chi connectivity index (χ1n) is 9.61. The molecule has 1 aliphatic rings. The third-order valence-corrected chi connectivity index (χ3v) is 4.82. The molecule has 0 aromatic heterocycles. The molecule has 2 amide bonds. The molecule has 5 heteroatoms. The summed E-state index contributed by atoms with van der Waals surface area (Å²) in [5.74, 6) is -0.796. The van der Waals surface area contributed by atoms with Crippen molar-refractivity contribution in [1.82, 2.24) is 10.6 Å². The van der Waals surface area contributed by atoms with Crippen LogP contribution in [0.25, 0.3) is 0 Å². The lowest BCUT2D eigenvalue weighted by molar-refractivity contribution is -0.137. The molecule has 144 valence electrons. The Morgan fingerprint density at radius 1 is 1.08 bits per heavy atom. The normalized spacial score (nSPS) is 20.5. The van der Waals surface area contributed by atoms with Crippen LogP contribution in [0.15, 0.2) is 24.3 Å². The van der Waals surface area contributed by atoms with E-state index in [-0.39, 0.29) is 35.0 Å². The molecule has 1 aromatic rings. The van der Waals surface area contributed by atoms with Crippen LogP contribution in [0.4, 0.5) is 4.39 Å². The van der Waals surface area contributed by atoms with Gasteiger partial charge >= 0.3 is 0 Å². The van der Waals surface area contributed by atoms with Gasteiger partial charge in [0.15, 0.2) is 0 Å². The predicted molar refractivity (Wildman–Crippen MR) is 101 cm³/mol. The molecule has 0 saturated heterocycles. The van der Waals surface area contributed by atoms with Gasteiger partial charge in [-0.15, -0.1) is 0 Å². The highest BCUT2D eigenvalue weighted by atomic mass is 19.1. The van der Waals surface area contributed by atoms with Crippen molar-refractivity contribution in [1.29, 1.82) is 0 Å². The largest absolute Gasteiger partial charge is 0.356 e. The van der Waals surface area contributed by atoms with E-state index in [2.05, 4.69) is 10.6 Å². The highest BCUT2D eigenvalue weighted by molar-refractivity contribution is 5.88. The van der Waals surface area contributed by atoms with E-state index < -0.39 is 0 Å². The smallest absolute Gasteiger partial charge is 0.224 e. The van der Waals surface area contributed by atoms with Gasteiger partial charge in [0.25, 0.3) is 0 Å². The molecule has 1 fully saturated rings. The molecule has 4 nitrogen and oxygen atoms in total. The molecule has 2 unspecified atom stereocenters. The zero-order valence-electron chi connectivity index (χ0n) is 16.1. The molecule has 0 bridgehead atoms. The Bertz CT molecular complexity index is 625. The van der Waals surface area contributed by atoms with Crippen molar-refractivity contribution in [3.05, 3.63) is 35.6 Å². The second-order valence-electron chi connectivity index (χ2n) is 8.22. The van der Waals surface area contributed by atoms with Gasteiger partial charge < -0.3 is 10.6 Å². The van der Waals surface area contributed by atoms with Crippen molar-refractivity contribution in [3.8, 4) is 0 Å². The molecule has 0 spiro atoms. The summed E-state index contributed by atoms with van der Waals surface area (Å²) in [6, 6.07) is 6.71. The summed E-state index contributed by atoms with van der Waals surface area (Å²) in [6.07, 6.45) is 4.74. The Morgan fingerprint density at radius 3 is 2.31 bits per heavy atom. The fourth-order valence-corrected chi connectivity index (χ4v) is 3.54. The molecule has 1 aliphatic carbocycles. The lowest BCUT2D eigenvalue weighted by atomic mass is 9.77. The lowest BCUT2D eigenvalue weighted by Crippen LogP contribution is -2.49. The maximum absolute atomic E-state index is 13.6. The molecule has 0 radical (unpaired) electrons. The summed E-state index contributed by atoms with van der Waals surface area (Å²) in [5, 5.41) is 5.96. The Hall–Kier alpha value is -1.91. The van der Waals surface area contributed by atoms with E-state index >= 15 is 0 Å². The van der Waals surface area contributed by atoms with Gasteiger partial charge in [-0.2, -0.15) is 0 Å². The Labute approximate surface area is 155 Å². The predicted octanol–water partition coefficient (Wildman–Crippen LogP) is 3.60. The summed E-state index contributed by atoms with van der Waals surface area (Å²) in [7, 11) is 0. The number of benzene rings is 1. The highest BCUT2D eigenvalue weighted by Gasteiger charge is 2.36. The van der Waals surface area contributed by atoms with Gasteiger partial charge in [-0.25, -0.2) is 4.39 Å². The van der Waals surface area contributed by atoms with E-state index in [0.29, 0.717) is 24.9 Å². The van der Waals surface area contributed by atoms with Crippen LogP contribution in [-0.2, 0) is 16.0 Å². The molecular weight excluding hydrogens is 331 g/mol. The van der Waals surface area contributed by atoms with E-state index in [0.717, 1.165) is 25.7 Å². The molecule has 1 aromatic carbocycles. The first-order chi connectivity index (χ1) is 12.3. The summed E-state index contributed by atoms with van der Waals surface area (Å²) in [4.78, 5) is 25.1. The van der Waals surface area contributed by atoms with E-state index in [4.69, 9.17) is 0 Å². The standard InChI is InChI=1S/C21H31FN2O2/c1-21(2,3)24-20(26)17-12-6-5-11-16(17)19(25)23-14-8-10-15-9-4-7-13-18(15)22/h4,7,9,13,16-17H,5-6,8,10-12,14H2,1-3H3,(H,23,25)(H,24,26). The number of carbonyl (C=O) groups is 2. The van der Waals surface area contributed by atoms with Crippen LogP contribution in [0.2, 0.25) is 0 Å². The minimum atomic E-state index is -0.296. The number of hydrogen-bond acceptors (Lipinski definition) is 2. The number of nitrogens with one attached hydrogen (secondary N) is 2. The SMILES string of the molecule is CC(C)(C)NC(=O)C1CCCCC1C(=O)NCCCc1ccccc1F. The van der Waals surface area contributed by atoms with Gasteiger partial charge in [0, 0.05) is 23.9 Å². The van der Waals surface area contributed by atoms with Crippen LogP contribution in [0.1, 0.15) is 58.4 Å². The molecular formula is C21H31FN2O2. The van der Waals surface area contributed by atoms with Crippen LogP contribution in [0.5, 0.6) is 0 Å². The van der Waals surface area contributed by atoms with Gasteiger partial charge in [-0.1, -0.05) is 31.0 Å². The zero-order chi connectivity index (χ0) is 19.2. The first kappa shape index (κ1) is 20.4. The van der Waals surface area contributed by atoms with E-state index in [9.17, 15) is 14.0 Å². The Balaban J connectivity index is 1.84. The zero-order valence-corrected chi connectivity index (χ0v) is 16.1. The number of halogens is 1. The summed E-state index contributed by atoms with van der Waals surface area (Å²) in [6.45, 7) is 6.35. The lowest BCUT2D eigenvalue weighted by Gasteiger charge is -2.32. The summed E-state index contributed by atoms with van der Waals surface area (Å²) >= 11 is 0. The topological polar surface area (TPSA) is 58.2 Å². The van der Waals surface area contributed by atoms with Crippen molar-refractivity contribution in [3.63, 3.8) is 0 Å². The van der Waals surface area contributed by atoms with Gasteiger partial charge in [0.05, 0.1) is 0 Å². The summed E-state index contributed by atoms with van der Waals surface area (Å²) < 4.78 is 13.6. The maximum Gasteiger partial charge on any atom is 0.224 e. The monoisotopic (exact) mass is 362 g/mol. The molecule has 2 rings (SSSR count). The van der Waals surface area contributed by atoms with Crippen LogP contribution >= 0.6 is 0 Å². The van der Waals surface area contributed by atoms with Crippen molar-refractivity contribution in [2.75, 3.05) is 6.54 Å².